The summed E-state index contributed by atoms with van der Waals surface area (Å²) in [6.07, 6.45) is 4.12. The fourth-order valence-electron chi connectivity index (χ4n) is 1.14. The third-order valence-corrected chi connectivity index (χ3v) is 3.53. The normalized spacial score (nSPS) is 10.9. The van der Waals surface area contributed by atoms with Crippen LogP contribution in [0.4, 0.5) is 0 Å². The van der Waals surface area contributed by atoms with E-state index in [1.807, 2.05) is 6.20 Å². The molecule has 2 nitrogen and oxygen atoms in total. The van der Waals surface area contributed by atoms with E-state index in [1.165, 1.54) is 5.82 Å². The minimum Gasteiger partial charge on any atom is -1.00 e. The molecule has 4 heteroatoms. The van der Waals surface area contributed by atoms with Gasteiger partial charge in [0, 0.05) is 6.92 Å². The number of hydrogen-bond donors (Lipinski definition) is 1. The molecular weight excluding hydrogens is 220 g/mol. The monoisotopic (exact) mass is 234 g/mol. The Balaban J connectivity index is 0.000001000. The lowest BCUT2D eigenvalue weighted by Gasteiger charge is -2.11. The molecule has 0 aliphatic heterocycles. The maximum absolute atomic E-state index is 3.17. The van der Waals surface area contributed by atoms with Gasteiger partial charge in [-0.3, -0.25) is 4.23 Å². The molecule has 1 aromatic heterocycles. The van der Waals surface area contributed by atoms with Gasteiger partial charge >= 0.3 is 0 Å². The molecule has 0 amide bonds. The maximum atomic E-state index is 3.17. The Morgan fingerprint density at radius 1 is 1.36 bits per heavy atom. The molecule has 0 spiro atoms. The fourth-order valence-corrected chi connectivity index (χ4v) is 2.73. The summed E-state index contributed by atoms with van der Waals surface area (Å²) in [5.74, 6) is 1.26. The summed E-state index contributed by atoms with van der Waals surface area (Å²) >= 11 is 0. The highest BCUT2D eigenvalue weighted by Crippen LogP contribution is 1.96. The lowest BCUT2D eigenvalue weighted by atomic mass is 10.8. The first kappa shape index (κ1) is 10.9. The van der Waals surface area contributed by atoms with Crippen LogP contribution in [0.5, 0.6) is 0 Å². The zero-order valence-electron chi connectivity index (χ0n) is 7.48. The molecule has 1 rings (SSSR count). The third kappa shape index (κ3) is 2.45. The minimum absolute atomic E-state index is 0. The Labute approximate surface area is 79.5 Å². The number of aromatic nitrogens is 2. The standard InChI is InChI=1S/C7H14N2Si.BrH/c1-7-8-5-6-9(7)10(2,3)4;/h5-6H,1-4H3;1H. The second kappa shape index (κ2) is 3.54. The number of nitrogens with zero attached hydrogens (tertiary/aromatic N) is 1. The van der Waals surface area contributed by atoms with E-state index in [1.54, 1.807) is 0 Å². The largest absolute Gasteiger partial charge is 1.00 e. The number of imidazole rings is 1. The van der Waals surface area contributed by atoms with Crippen molar-refractivity contribution >= 4 is 8.24 Å². The van der Waals surface area contributed by atoms with Crippen LogP contribution in [-0.2, 0) is 0 Å². The van der Waals surface area contributed by atoms with E-state index in [4.69, 9.17) is 0 Å². The van der Waals surface area contributed by atoms with E-state index < -0.39 is 8.24 Å². The van der Waals surface area contributed by atoms with Crippen molar-refractivity contribution < 1.29 is 21.2 Å². The number of aryl methyl sites for hydroxylation is 1. The number of nitrogens with one attached hydrogen (secondary N) is 1. The quantitative estimate of drug-likeness (QED) is 0.560. The average molecular weight is 235 g/mol. The summed E-state index contributed by atoms with van der Waals surface area (Å²) in [5, 5.41) is 0. The first-order chi connectivity index (χ1) is 4.52. The maximum Gasteiger partial charge on any atom is 0.257 e. The number of rotatable bonds is 1. The Bertz CT molecular complexity index is 227. The summed E-state index contributed by atoms with van der Waals surface area (Å²) in [7, 11) is -1.14. The van der Waals surface area contributed by atoms with Crippen molar-refractivity contribution in [2.24, 2.45) is 0 Å². The molecule has 0 aromatic carbocycles. The van der Waals surface area contributed by atoms with Gasteiger partial charge in [-0.2, -0.15) is 0 Å². The molecule has 1 heterocycles. The summed E-state index contributed by atoms with van der Waals surface area (Å²) in [4.78, 5) is 3.17. The second-order valence-corrected chi connectivity index (χ2v) is 8.41. The smallest absolute Gasteiger partial charge is 0.257 e. The van der Waals surface area contributed by atoms with Crippen molar-refractivity contribution in [2.75, 3.05) is 0 Å². The van der Waals surface area contributed by atoms with E-state index in [9.17, 15) is 0 Å². The highest BCUT2D eigenvalue weighted by atomic mass is 79.9. The zero-order valence-corrected chi connectivity index (χ0v) is 10.1. The molecule has 11 heavy (non-hydrogen) atoms. The number of hydrogen-bond acceptors (Lipinski definition) is 0. The van der Waals surface area contributed by atoms with Crippen LogP contribution < -0.4 is 21.2 Å². The fraction of sp³-hybridized carbons (Fsp3) is 0.571. The Hall–Kier alpha value is -0.0931. The molecule has 0 saturated heterocycles. The van der Waals surface area contributed by atoms with Crippen molar-refractivity contribution in [3.05, 3.63) is 18.2 Å². The van der Waals surface area contributed by atoms with Crippen LogP contribution in [0.15, 0.2) is 12.4 Å². The Kier molecular flexibility index (Phi) is 3.51. The topological polar surface area (TPSA) is 19.7 Å². The SMILES string of the molecule is Cc1[nH]cc[n+]1[Si](C)(C)C.[Br-]. The predicted molar refractivity (Wildman–Crippen MR) is 44.5 cm³/mol. The molecule has 0 atom stereocenters. The van der Waals surface area contributed by atoms with Gasteiger partial charge in [0.05, 0.1) is 0 Å². The molecule has 64 valence electrons. The molecule has 0 bridgehead atoms. The summed E-state index contributed by atoms with van der Waals surface area (Å²) < 4.78 is 2.35. The van der Waals surface area contributed by atoms with Gasteiger partial charge in [0.25, 0.3) is 8.24 Å². The van der Waals surface area contributed by atoms with Gasteiger partial charge in [-0.1, -0.05) is 0 Å². The van der Waals surface area contributed by atoms with Crippen molar-refractivity contribution in [3.63, 3.8) is 0 Å². The molecule has 0 saturated carbocycles. The highest BCUT2D eigenvalue weighted by molar-refractivity contribution is 6.67. The van der Waals surface area contributed by atoms with Crippen LogP contribution in [0.3, 0.4) is 0 Å². The first-order valence-electron chi connectivity index (χ1n) is 3.58. The van der Waals surface area contributed by atoms with Crippen molar-refractivity contribution in [3.8, 4) is 0 Å². The zero-order chi connectivity index (χ0) is 7.78. The molecular formula is C7H15BrN2Si. The van der Waals surface area contributed by atoms with Gasteiger partial charge < -0.3 is 17.0 Å². The van der Waals surface area contributed by atoms with Gasteiger partial charge in [-0.05, 0) is 19.6 Å². The Morgan fingerprint density at radius 3 is 2.09 bits per heavy atom. The van der Waals surface area contributed by atoms with Crippen LogP contribution in [0.2, 0.25) is 19.6 Å². The van der Waals surface area contributed by atoms with Crippen molar-refractivity contribution in [1.29, 1.82) is 0 Å². The number of aromatic amines is 1. The predicted octanol–water partition coefficient (Wildman–Crippen LogP) is -1.70. The second-order valence-electron chi connectivity index (χ2n) is 3.59. The van der Waals surface area contributed by atoms with Gasteiger partial charge in [-0.15, -0.1) is 0 Å². The first-order valence-corrected chi connectivity index (χ1v) is 7.02. The molecule has 0 aliphatic rings. The minimum atomic E-state index is -1.14. The van der Waals surface area contributed by atoms with E-state index in [0.717, 1.165) is 0 Å². The molecule has 0 radical (unpaired) electrons. The van der Waals surface area contributed by atoms with Crippen LogP contribution in [0.1, 0.15) is 5.82 Å². The molecule has 0 aliphatic carbocycles. The van der Waals surface area contributed by atoms with E-state index in [2.05, 4.69) is 42.0 Å². The van der Waals surface area contributed by atoms with Crippen molar-refractivity contribution in [1.82, 2.24) is 4.98 Å². The summed E-state index contributed by atoms with van der Waals surface area (Å²) in [6, 6.07) is 0. The molecule has 0 fully saturated rings. The van der Waals surface area contributed by atoms with E-state index >= 15 is 0 Å². The average Bonchev–Trinajstić information content (AvgIpc) is 2.11. The van der Waals surface area contributed by atoms with Gasteiger partial charge in [0.1, 0.15) is 12.4 Å². The lowest BCUT2D eigenvalue weighted by molar-refractivity contribution is -0.551. The van der Waals surface area contributed by atoms with Crippen LogP contribution >= 0.6 is 0 Å². The summed E-state index contributed by atoms with van der Waals surface area (Å²) in [6.45, 7) is 9.09. The van der Waals surface area contributed by atoms with Crippen LogP contribution in [0.25, 0.3) is 0 Å². The third-order valence-electron chi connectivity index (χ3n) is 1.60. The van der Waals surface area contributed by atoms with Crippen LogP contribution in [0, 0.1) is 6.92 Å². The van der Waals surface area contributed by atoms with Gasteiger partial charge in [0.2, 0.25) is 5.82 Å². The summed E-state index contributed by atoms with van der Waals surface area (Å²) in [5.41, 5.74) is 0. The number of H-pyrrole nitrogens is 1. The molecule has 1 aromatic rings. The molecule has 1 N–H and O–H groups in total. The molecule has 0 unspecified atom stereocenters. The van der Waals surface area contributed by atoms with Gasteiger partial charge in [0.15, 0.2) is 0 Å². The highest BCUT2D eigenvalue weighted by Gasteiger charge is 2.24. The van der Waals surface area contributed by atoms with Gasteiger partial charge in [-0.25, -0.2) is 4.98 Å². The lowest BCUT2D eigenvalue weighted by Crippen LogP contribution is -3.00. The Morgan fingerprint density at radius 2 is 1.91 bits per heavy atom. The van der Waals surface area contributed by atoms with Crippen LogP contribution in [-0.4, -0.2) is 13.2 Å². The van der Waals surface area contributed by atoms with E-state index in [0.29, 0.717) is 0 Å². The number of halogens is 1. The van der Waals surface area contributed by atoms with E-state index in [-0.39, 0.29) is 17.0 Å². The van der Waals surface area contributed by atoms with Crippen molar-refractivity contribution in [2.45, 2.75) is 26.6 Å².